The average Bonchev–Trinajstić information content (AvgIpc) is 1.80. The van der Waals surface area contributed by atoms with Crippen molar-refractivity contribution in [3.63, 3.8) is 0 Å². The lowest BCUT2D eigenvalue weighted by Gasteiger charge is -2.29. The number of hydrogen-bond acceptors (Lipinski definition) is 33. The van der Waals surface area contributed by atoms with Crippen molar-refractivity contribution in [1.29, 1.82) is 0 Å². The Morgan fingerprint density at radius 1 is 0.496 bits per heavy atom. The van der Waals surface area contributed by atoms with Crippen molar-refractivity contribution >= 4 is 197 Å². The van der Waals surface area contributed by atoms with E-state index < -0.39 is 70.5 Å². The van der Waals surface area contributed by atoms with Gasteiger partial charge in [0.15, 0.2) is 42.9 Å². The Labute approximate surface area is 768 Å². The number of amides is 1. The molecule has 5 aromatic heterocycles. The number of alkyl halides is 3. The van der Waals surface area contributed by atoms with E-state index in [0.717, 1.165) is 49.5 Å². The van der Waals surface area contributed by atoms with Gasteiger partial charge in [0.2, 0.25) is 29.7 Å². The van der Waals surface area contributed by atoms with Gasteiger partial charge in [0, 0.05) is 64.5 Å². The normalized spacial score (nSPS) is 14.2. The van der Waals surface area contributed by atoms with E-state index in [-0.39, 0.29) is 91.0 Å². The monoisotopic (exact) mass is 1950 g/mol. The molecule has 10 N–H and O–H groups in total. The van der Waals surface area contributed by atoms with Gasteiger partial charge in [0.25, 0.3) is 5.88 Å². The molecular formula is C86H103Cl2F3N20O14P4S2. The maximum atomic E-state index is 13.6. The first-order valence-electron chi connectivity index (χ1n) is 40.6. The zero-order chi connectivity index (χ0) is 95.9. The van der Waals surface area contributed by atoms with Crippen molar-refractivity contribution in [3.8, 4) is 17.4 Å². The van der Waals surface area contributed by atoms with E-state index in [0.29, 0.717) is 91.7 Å². The number of rotatable bonds is 30. The lowest BCUT2D eigenvalue weighted by atomic mass is 10.0. The smallest absolute Gasteiger partial charge is 0.421 e. The Hall–Kier alpha value is -11.4. The van der Waals surface area contributed by atoms with Crippen molar-refractivity contribution in [2.45, 2.75) is 86.4 Å². The number of primary amides is 1. The van der Waals surface area contributed by atoms with Gasteiger partial charge in [0.1, 0.15) is 72.7 Å². The molecule has 2 fully saturated rings. The van der Waals surface area contributed by atoms with Crippen LogP contribution in [0.25, 0.3) is 0 Å². The molecule has 2 aliphatic rings. The Kier molecular flexibility index (Phi) is 33.6. The lowest BCUT2D eigenvalue weighted by molar-refractivity contribution is -0.137. The van der Waals surface area contributed by atoms with Crippen LogP contribution in [0.1, 0.15) is 69.8 Å². The summed E-state index contributed by atoms with van der Waals surface area (Å²) in [6, 6.07) is 37.2. The number of carbonyl (C=O) groups is 2. The molecule has 6 heterocycles. The van der Waals surface area contributed by atoms with E-state index in [4.69, 9.17) is 47.9 Å². The molecular weight excluding hydrogens is 1850 g/mol. The van der Waals surface area contributed by atoms with Gasteiger partial charge < -0.3 is 90.4 Å². The number of nitrogens with zero attached hydrogens (tertiary/aromatic N) is 11. The predicted octanol–water partition coefficient (Wildman–Crippen LogP) is 16.7. The summed E-state index contributed by atoms with van der Waals surface area (Å²) in [5.74, 6) is 1.48. The van der Waals surface area contributed by atoms with E-state index in [1.165, 1.54) is 58.1 Å². The number of carbonyl (C=O) groups excluding carboxylic acids is 2. The van der Waals surface area contributed by atoms with Crippen LogP contribution in [0.15, 0.2) is 174 Å². The second-order valence-corrected chi connectivity index (χ2v) is 50.5. The predicted molar refractivity (Wildman–Crippen MR) is 514 cm³/mol. The van der Waals surface area contributed by atoms with Gasteiger partial charge in [-0.1, -0.05) is 53.9 Å². The Morgan fingerprint density at radius 2 is 0.947 bits per heavy atom. The third kappa shape index (κ3) is 27.2. The standard InChI is InChI=1S/C24H29N4O5PS.C23H25F3N5O2P.C20H24ClN6O4PS.C19H25ClN5O3P/c1-15(2)35(31,32)22-10-8-7-9-20(22)26-23-18(16(3)29)14-25-24(28-23)27-19-12-11-17(34(5,6)30)13-21(19)33-4;1-34(2,32)19-9-5-17(6-10-19)29-22-27-15-20(23(24,25)26)21(30-22)28-16-3-7-18(8-4-16)31-11-13-33-14-12-31;1-12(2)33(29,30)15-9-7-6-8-14(15)24-17-13(21)10-23-20(26-17)27-18-19(31-3)25-16(11-22-18)32(4,5)28;1-28-16-9-11(29(2,3)27)7-8-15(16)24-19-22-10-13(20)18(25-19)23-14-6-4-5-12(14)17(21)26/h7-15H,1-6H3,(H2,25,26,27,28);3-10,15H,11-14H2,1-2H3,(H2,27,28,29,30);6-12H,1-5H3,(H2,22,23,24,26,27);7-10,12,14H,4-6H2,1-3H3,(H2,21,26)(H2,22,23,24,25). The highest BCUT2D eigenvalue weighted by Crippen LogP contribution is 2.44. The molecule has 698 valence electrons. The summed E-state index contributed by atoms with van der Waals surface area (Å²) in [4.78, 5) is 68.5. The molecule has 1 amide bonds. The minimum atomic E-state index is -4.63. The molecule has 34 nitrogen and oxygen atoms in total. The van der Waals surface area contributed by atoms with Gasteiger partial charge in [-0.25, -0.2) is 46.7 Å². The Morgan fingerprint density at radius 3 is 1.44 bits per heavy atom. The topological polar surface area (TPSA) is 462 Å². The van der Waals surface area contributed by atoms with Crippen molar-refractivity contribution in [2.75, 3.05) is 148 Å². The van der Waals surface area contributed by atoms with Crippen molar-refractivity contribution in [3.05, 3.63) is 186 Å². The van der Waals surface area contributed by atoms with E-state index in [2.05, 4.69) is 97.3 Å². The van der Waals surface area contributed by atoms with E-state index in [1.807, 2.05) is 12.1 Å². The van der Waals surface area contributed by atoms with Crippen LogP contribution >= 0.6 is 51.8 Å². The van der Waals surface area contributed by atoms with Crippen LogP contribution in [0.2, 0.25) is 10.0 Å². The number of aromatic nitrogens is 10. The van der Waals surface area contributed by atoms with E-state index >= 15 is 0 Å². The van der Waals surface area contributed by atoms with Crippen LogP contribution in [0.4, 0.5) is 106 Å². The van der Waals surface area contributed by atoms with Crippen LogP contribution in [-0.2, 0) is 53.6 Å². The molecule has 13 rings (SSSR count). The number of anilines is 16. The molecule has 0 bridgehead atoms. The number of Topliss-reactive ketones (excluding diaryl/α,β-unsaturated/α-hetero) is 1. The summed E-state index contributed by atoms with van der Waals surface area (Å²) < 4.78 is 163. The van der Waals surface area contributed by atoms with Gasteiger partial charge in [0.05, 0.1) is 108 Å². The quantitative estimate of drug-likeness (QED) is 0.0149. The third-order valence-electron chi connectivity index (χ3n) is 20.1. The van der Waals surface area contributed by atoms with E-state index in [1.54, 1.807) is 197 Å². The first kappa shape index (κ1) is 102. The molecule has 45 heteroatoms. The number of hydrogen-bond donors (Lipinski definition) is 9. The molecule has 2 atom stereocenters. The van der Waals surface area contributed by atoms with Crippen LogP contribution in [0, 0.1) is 5.92 Å². The average molecular weight is 1960 g/mol. The molecule has 2 unspecified atom stereocenters. The number of morpholine rings is 1. The number of nitrogens with two attached hydrogens (primary N) is 1. The maximum Gasteiger partial charge on any atom is 0.421 e. The second kappa shape index (κ2) is 43.3. The second-order valence-electron chi connectivity index (χ2n) is 31.9. The van der Waals surface area contributed by atoms with Gasteiger partial charge in [-0.3, -0.25) is 9.59 Å². The zero-order valence-electron chi connectivity index (χ0n) is 74.6. The number of methoxy groups -OCH3 is 3. The van der Waals surface area contributed by atoms with Gasteiger partial charge in [-0.05, 0) is 210 Å². The van der Waals surface area contributed by atoms with Crippen molar-refractivity contribution in [2.24, 2.45) is 11.7 Å². The number of halogens is 5. The number of nitrogens with one attached hydrogen (secondary N) is 8. The van der Waals surface area contributed by atoms with Crippen molar-refractivity contribution < 1.29 is 76.8 Å². The third-order valence-corrected chi connectivity index (χ3v) is 31.0. The fraction of sp³-hybridized carbons (Fsp3) is 0.326. The number of sulfone groups is 2. The van der Waals surface area contributed by atoms with Crippen LogP contribution < -0.4 is 88.7 Å². The molecule has 1 aliphatic carbocycles. The largest absolute Gasteiger partial charge is 0.495 e. The molecule has 6 aromatic carbocycles. The van der Waals surface area contributed by atoms with Crippen LogP contribution in [0.5, 0.6) is 17.4 Å². The molecule has 1 aliphatic heterocycles. The van der Waals surface area contributed by atoms with Gasteiger partial charge in [-0.2, -0.15) is 33.1 Å². The molecule has 131 heavy (non-hydrogen) atoms. The molecule has 1 saturated heterocycles. The highest BCUT2D eigenvalue weighted by molar-refractivity contribution is 7.92. The number of ether oxygens (including phenoxy) is 4. The summed E-state index contributed by atoms with van der Waals surface area (Å²) in [7, 11) is -12.6. The highest BCUT2D eigenvalue weighted by Gasteiger charge is 2.37. The zero-order valence-corrected chi connectivity index (χ0v) is 81.3. The van der Waals surface area contributed by atoms with E-state index in [9.17, 15) is 57.9 Å². The van der Waals surface area contributed by atoms with Crippen molar-refractivity contribution in [1.82, 2.24) is 49.8 Å². The number of para-hydroxylation sites is 2. The van der Waals surface area contributed by atoms with Gasteiger partial charge in [-0.15, -0.1) is 0 Å². The first-order chi connectivity index (χ1) is 61.5. The molecule has 0 spiro atoms. The Bertz CT molecular complexity index is 6420. The summed E-state index contributed by atoms with van der Waals surface area (Å²) in [5, 5.41) is 25.3. The Balaban J connectivity index is 0.000000182. The van der Waals surface area contributed by atoms with Crippen LogP contribution in [0.3, 0.4) is 0 Å². The summed E-state index contributed by atoms with van der Waals surface area (Å²) >= 11 is 12.5. The highest BCUT2D eigenvalue weighted by atomic mass is 35.5. The summed E-state index contributed by atoms with van der Waals surface area (Å²) in [5.41, 5.74) is 8.87. The maximum absolute atomic E-state index is 13.6. The first-order valence-corrected chi connectivity index (χ1v) is 54.8. The number of ketones is 1. The SMILES string of the molecule is COc1cc(P(C)(C)=O)ccc1Nc1ncc(C(C)=O)c(Nc2ccccc2S(=O)(=O)C(C)C)n1.COc1cc(P(C)(C)=O)ccc1Nc1ncc(Cl)c(NC2CCCC2C(N)=O)n1.COc1nc(P(C)(C)=O)cnc1Nc1ncc(Cl)c(Nc2ccccc2S(=O)(=O)C(C)C)n1.CP(C)(=O)c1ccc(Nc2ncc(C(F)(F)F)c(Nc3ccc(N4CCOCC4)cc3)n2)cc1. The fourth-order valence-electron chi connectivity index (χ4n) is 12.8. The van der Waals surface area contributed by atoms with Gasteiger partial charge >= 0.3 is 6.18 Å². The molecule has 11 aromatic rings. The summed E-state index contributed by atoms with van der Waals surface area (Å²) in [6.07, 6.45) is 4.23. The number of benzene rings is 6. The summed E-state index contributed by atoms with van der Waals surface area (Å²) in [6.45, 7) is 23.9. The minimum Gasteiger partial charge on any atom is -0.495 e. The lowest BCUT2D eigenvalue weighted by Crippen LogP contribution is -2.36. The molecule has 1 saturated carbocycles. The fourth-order valence-corrected chi connectivity index (χ4v) is 18.8. The molecule has 0 radical (unpaired) electrons. The minimum absolute atomic E-state index is 0.00404. The van der Waals surface area contributed by atoms with Crippen LogP contribution in [-0.4, -0.2) is 196 Å².